The van der Waals surface area contributed by atoms with Gasteiger partial charge in [-0.05, 0) is 17.7 Å². The van der Waals surface area contributed by atoms with Gasteiger partial charge in [0.2, 0.25) is 0 Å². The van der Waals surface area contributed by atoms with Gasteiger partial charge in [-0.3, -0.25) is 9.36 Å². The van der Waals surface area contributed by atoms with E-state index in [4.69, 9.17) is 10.00 Å². The van der Waals surface area contributed by atoms with Gasteiger partial charge in [-0.25, -0.2) is 4.98 Å². The molecular weight excluding hydrogens is 280 g/mol. The number of fused-ring (bicyclic) bond motifs is 1. The number of ether oxygens (including phenoxy) is 1. The molecule has 0 radical (unpaired) electrons. The van der Waals surface area contributed by atoms with E-state index in [-0.39, 0.29) is 12.1 Å². The van der Waals surface area contributed by atoms with Crippen LogP contribution in [0.1, 0.15) is 0 Å². The third-order valence-electron chi connectivity index (χ3n) is 3.57. The van der Waals surface area contributed by atoms with Gasteiger partial charge >= 0.3 is 0 Å². The van der Waals surface area contributed by atoms with Crippen LogP contribution in [0, 0.1) is 11.3 Å². The van der Waals surface area contributed by atoms with E-state index in [9.17, 15) is 4.79 Å². The van der Waals surface area contributed by atoms with Crippen molar-refractivity contribution < 1.29 is 4.74 Å². The highest BCUT2D eigenvalue weighted by molar-refractivity contribution is 5.92. The van der Waals surface area contributed by atoms with Gasteiger partial charge in [-0.1, -0.05) is 12.1 Å². The minimum atomic E-state index is -0.219. The van der Waals surface area contributed by atoms with E-state index in [2.05, 4.69) is 4.98 Å². The zero-order valence-electron chi connectivity index (χ0n) is 12.3. The van der Waals surface area contributed by atoms with Crippen molar-refractivity contribution in [2.45, 2.75) is 6.54 Å². The summed E-state index contributed by atoms with van der Waals surface area (Å²) in [5.41, 5.74) is 2.67. The molecule has 0 N–H and O–H groups in total. The predicted octanol–water partition coefficient (Wildman–Crippen LogP) is 1.93. The van der Waals surface area contributed by atoms with Gasteiger partial charge in [-0.2, -0.15) is 5.26 Å². The molecule has 0 spiro atoms. The first kappa shape index (κ1) is 13.9. The second-order valence-corrected chi connectivity index (χ2v) is 4.92. The van der Waals surface area contributed by atoms with Gasteiger partial charge in [0.05, 0.1) is 19.5 Å². The first-order valence-corrected chi connectivity index (χ1v) is 6.71. The Balaban J connectivity index is 2.27. The molecule has 0 atom stereocenters. The van der Waals surface area contributed by atoms with E-state index in [1.54, 1.807) is 18.7 Å². The monoisotopic (exact) mass is 294 g/mol. The Labute approximate surface area is 126 Å². The summed E-state index contributed by atoms with van der Waals surface area (Å²) in [6, 6.07) is 9.56. The van der Waals surface area contributed by atoms with Crippen LogP contribution < -0.4 is 10.3 Å². The molecule has 22 heavy (non-hydrogen) atoms. The Morgan fingerprint density at radius 2 is 2.23 bits per heavy atom. The molecule has 2 aromatic heterocycles. The van der Waals surface area contributed by atoms with E-state index in [0.717, 1.165) is 16.9 Å². The molecule has 3 aromatic rings. The number of rotatable bonds is 3. The van der Waals surface area contributed by atoms with Gasteiger partial charge in [0.1, 0.15) is 23.3 Å². The zero-order chi connectivity index (χ0) is 15.7. The van der Waals surface area contributed by atoms with E-state index < -0.39 is 0 Å². The molecule has 0 saturated heterocycles. The zero-order valence-corrected chi connectivity index (χ0v) is 12.3. The quantitative estimate of drug-likeness (QED) is 0.740. The van der Waals surface area contributed by atoms with Crippen LogP contribution in [0.15, 0.2) is 41.6 Å². The summed E-state index contributed by atoms with van der Waals surface area (Å²) in [5.74, 6) is 0.743. The summed E-state index contributed by atoms with van der Waals surface area (Å²) in [6.45, 7) is -0.0125. The predicted molar refractivity (Wildman–Crippen MR) is 82.6 cm³/mol. The van der Waals surface area contributed by atoms with Crippen molar-refractivity contribution in [2.24, 2.45) is 7.05 Å². The molecule has 3 rings (SSSR count). The summed E-state index contributed by atoms with van der Waals surface area (Å²) >= 11 is 0. The van der Waals surface area contributed by atoms with Crippen LogP contribution in [-0.2, 0) is 13.6 Å². The molecule has 0 amide bonds. The molecule has 6 heteroatoms. The standard InChI is InChI=1S/C16H14N4O2/c1-19-9-13(11-4-3-5-12(8-11)22-2)14-15(19)16(21)20(7-6-17)10-18-14/h3-5,8-10H,7H2,1-2H3. The van der Waals surface area contributed by atoms with E-state index >= 15 is 0 Å². The minimum absolute atomic E-state index is 0.0125. The molecule has 0 fully saturated rings. The number of nitriles is 1. The summed E-state index contributed by atoms with van der Waals surface area (Å²) in [4.78, 5) is 16.8. The van der Waals surface area contributed by atoms with Crippen molar-refractivity contribution in [3.8, 4) is 22.9 Å². The lowest BCUT2D eigenvalue weighted by atomic mass is 10.1. The number of hydrogen-bond donors (Lipinski definition) is 0. The van der Waals surface area contributed by atoms with Gasteiger partial charge in [-0.15, -0.1) is 0 Å². The Hall–Kier alpha value is -3.07. The van der Waals surface area contributed by atoms with Gasteiger partial charge in [0, 0.05) is 18.8 Å². The average molecular weight is 294 g/mol. The maximum absolute atomic E-state index is 12.4. The lowest BCUT2D eigenvalue weighted by Gasteiger charge is -2.03. The van der Waals surface area contributed by atoms with Crippen LogP contribution in [-0.4, -0.2) is 21.2 Å². The average Bonchev–Trinajstić information content (AvgIpc) is 2.88. The third kappa shape index (κ3) is 2.13. The van der Waals surface area contributed by atoms with Gasteiger partial charge < -0.3 is 9.30 Å². The maximum atomic E-state index is 12.4. The van der Waals surface area contributed by atoms with Crippen LogP contribution in [0.2, 0.25) is 0 Å². The molecular formula is C16H14N4O2. The molecule has 2 heterocycles. The summed E-state index contributed by atoms with van der Waals surface area (Å²) in [7, 11) is 3.41. The van der Waals surface area contributed by atoms with Crippen molar-refractivity contribution in [3.63, 3.8) is 0 Å². The van der Waals surface area contributed by atoms with Gasteiger partial charge in [0.25, 0.3) is 5.56 Å². The molecule has 0 unspecified atom stereocenters. The van der Waals surface area contributed by atoms with Crippen LogP contribution >= 0.6 is 0 Å². The summed E-state index contributed by atoms with van der Waals surface area (Å²) < 4.78 is 8.29. The molecule has 0 aliphatic heterocycles. The van der Waals surface area contributed by atoms with E-state index in [1.165, 1.54) is 10.9 Å². The van der Waals surface area contributed by atoms with Crippen molar-refractivity contribution in [3.05, 3.63) is 47.1 Å². The van der Waals surface area contributed by atoms with Crippen molar-refractivity contribution in [1.82, 2.24) is 14.1 Å². The molecule has 0 saturated carbocycles. The number of aryl methyl sites for hydroxylation is 1. The smallest absolute Gasteiger partial charge is 0.278 e. The fraction of sp³-hybridized carbons (Fsp3) is 0.188. The Morgan fingerprint density at radius 3 is 2.95 bits per heavy atom. The minimum Gasteiger partial charge on any atom is -0.497 e. The second kappa shape index (κ2) is 5.37. The van der Waals surface area contributed by atoms with Crippen LogP contribution in [0.5, 0.6) is 5.75 Å². The first-order chi connectivity index (χ1) is 10.7. The molecule has 0 aliphatic carbocycles. The second-order valence-electron chi connectivity index (χ2n) is 4.92. The lowest BCUT2D eigenvalue weighted by molar-refractivity contribution is 0.415. The van der Waals surface area contributed by atoms with Crippen molar-refractivity contribution in [2.75, 3.05) is 7.11 Å². The number of nitrogens with zero attached hydrogens (tertiary/aromatic N) is 4. The first-order valence-electron chi connectivity index (χ1n) is 6.71. The highest BCUT2D eigenvalue weighted by Crippen LogP contribution is 2.29. The normalized spacial score (nSPS) is 10.6. The maximum Gasteiger partial charge on any atom is 0.278 e. The highest BCUT2D eigenvalue weighted by atomic mass is 16.5. The molecule has 0 aliphatic rings. The third-order valence-corrected chi connectivity index (χ3v) is 3.57. The number of hydrogen-bond acceptors (Lipinski definition) is 4. The molecule has 110 valence electrons. The van der Waals surface area contributed by atoms with E-state index in [1.807, 2.05) is 36.5 Å². The highest BCUT2D eigenvalue weighted by Gasteiger charge is 2.14. The Bertz CT molecular complexity index is 947. The van der Waals surface area contributed by atoms with Gasteiger partial charge in [0.15, 0.2) is 0 Å². The molecule has 0 bridgehead atoms. The number of methoxy groups -OCH3 is 1. The fourth-order valence-corrected chi connectivity index (χ4v) is 2.50. The van der Waals surface area contributed by atoms with Crippen molar-refractivity contribution in [1.29, 1.82) is 5.26 Å². The topological polar surface area (TPSA) is 72.8 Å². The lowest BCUT2D eigenvalue weighted by Crippen LogP contribution is -2.21. The SMILES string of the molecule is COc1cccc(-c2cn(C)c3c(=O)n(CC#N)cnc23)c1. The molecule has 6 nitrogen and oxygen atoms in total. The van der Waals surface area contributed by atoms with E-state index in [0.29, 0.717) is 11.0 Å². The fourth-order valence-electron chi connectivity index (χ4n) is 2.50. The summed E-state index contributed by atoms with van der Waals surface area (Å²) in [6.07, 6.45) is 3.28. The van der Waals surface area contributed by atoms with Crippen molar-refractivity contribution >= 4 is 11.0 Å². The van der Waals surface area contributed by atoms with Crippen LogP contribution in [0.4, 0.5) is 0 Å². The Morgan fingerprint density at radius 1 is 1.41 bits per heavy atom. The molecule has 1 aromatic carbocycles. The summed E-state index contributed by atoms with van der Waals surface area (Å²) in [5, 5.41) is 8.77. The Kier molecular flexibility index (Phi) is 3.39. The largest absolute Gasteiger partial charge is 0.497 e. The van der Waals surface area contributed by atoms with Crippen LogP contribution in [0.3, 0.4) is 0 Å². The number of benzene rings is 1. The number of aromatic nitrogens is 3. The van der Waals surface area contributed by atoms with Crippen LogP contribution in [0.25, 0.3) is 22.2 Å².